The van der Waals surface area contributed by atoms with E-state index in [0.29, 0.717) is 24.0 Å². The monoisotopic (exact) mass is 276 g/mol. The number of hydrogen-bond donors (Lipinski definition) is 2. The smallest absolute Gasteiger partial charge is 0.337 e. The third-order valence-electron chi connectivity index (χ3n) is 3.56. The molecular weight excluding hydrogens is 256 g/mol. The predicted molar refractivity (Wildman–Crippen MR) is 76.9 cm³/mol. The van der Waals surface area contributed by atoms with Crippen LogP contribution < -0.4 is 0 Å². The molecule has 0 aliphatic heterocycles. The van der Waals surface area contributed by atoms with Gasteiger partial charge in [-0.25, -0.2) is 9.78 Å². The van der Waals surface area contributed by atoms with E-state index in [2.05, 4.69) is 18.8 Å². The van der Waals surface area contributed by atoms with Gasteiger partial charge in [0.1, 0.15) is 5.82 Å². The summed E-state index contributed by atoms with van der Waals surface area (Å²) in [5.74, 6) is -0.156. The first-order valence-electron chi connectivity index (χ1n) is 6.66. The van der Waals surface area contributed by atoms with Crippen LogP contribution in [0.2, 0.25) is 0 Å². The Morgan fingerprint density at radius 2 is 2.10 bits per heavy atom. The van der Waals surface area contributed by atoms with E-state index in [4.69, 9.17) is 5.11 Å². The first-order valence-corrected chi connectivity index (χ1v) is 6.66. The molecule has 0 spiro atoms. The highest BCUT2D eigenvalue weighted by Crippen LogP contribution is 2.28. The van der Waals surface area contributed by atoms with Crippen molar-refractivity contribution in [2.45, 2.75) is 33.7 Å². The third kappa shape index (κ3) is 2.67. The summed E-state index contributed by atoms with van der Waals surface area (Å²) in [5.41, 5.74) is 1.49. The van der Waals surface area contributed by atoms with Crippen molar-refractivity contribution in [1.82, 2.24) is 9.55 Å². The predicted octanol–water partition coefficient (Wildman–Crippen LogP) is 2.45. The molecule has 2 N–H and O–H groups in total. The fourth-order valence-electron chi connectivity index (χ4n) is 2.48. The molecule has 0 aliphatic carbocycles. The number of aromatic nitrogens is 2. The molecule has 2 rings (SSSR count). The molecule has 0 radical (unpaired) electrons. The van der Waals surface area contributed by atoms with Crippen molar-refractivity contribution < 1.29 is 15.0 Å². The van der Waals surface area contributed by atoms with Crippen LogP contribution >= 0.6 is 0 Å². The standard InChI is InChI=1S/C15H20N2O3/c1-10-16-12-6-4-5-11(14(19)20)13(12)17(10)9-15(2,3)7-8-18/h4-6,18H,7-9H2,1-3H3,(H,19,20). The molecule has 5 nitrogen and oxygen atoms in total. The average molecular weight is 276 g/mol. The van der Waals surface area contributed by atoms with Gasteiger partial charge in [-0.2, -0.15) is 0 Å². The molecule has 0 unspecified atom stereocenters. The maximum atomic E-state index is 11.4. The van der Waals surface area contributed by atoms with Crippen LogP contribution in [0.3, 0.4) is 0 Å². The second-order valence-electron chi connectivity index (χ2n) is 5.86. The zero-order valence-corrected chi connectivity index (χ0v) is 12.1. The van der Waals surface area contributed by atoms with Crippen LogP contribution in [0.4, 0.5) is 0 Å². The maximum absolute atomic E-state index is 11.4. The SMILES string of the molecule is Cc1nc2cccc(C(=O)O)c2n1CC(C)(C)CCO. The summed E-state index contributed by atoms with van der Waals surface area (Å²) in [6, 6.07) is 5.13. The number of carbonyl (C=O) groups is 1. The molecule has 20 heavy (non-hydrogen) atoms. The zero-order valence-electron chi connectivity index (χ0n) is 12.1. The highest BCUT2D eigenvalue weighted by molar-refractivity contribution is 6.01. The first-order chi connectivity index (χ1) is 9.35. The van der Waals surface area contributed by atoms with Gasteiger partial charge in [0.25, 0.3) is 0 Å². The summed E-state index contributed by atoms with van der Waals surface area (Å²) in [6.45, 7) is 6.72. The van der Waals surface area contributed by atoms with Crippen molar-refractivity contribution in [3.05, 3.63) is 29.6 Å². The van der Waals surface area contributed by atoms with E-state index >= 15 is 0 Å². The van der Waals surface area contributed by atoms with Crippen LogP contribution in [0.25, 0.3) is 11.0 Å². The van der Waals surface area contributed by atoms with E-state index in [9.17, 15) is 9.90 Å². The molecule has 0 amide bonds. The van der Waals surface area contributed by atoms with E-state index in [0.717, 1.165) is 5.82 Å². The van der Waals surface area contributed by atoms with Gasteiger partial charge in [0.05, 0.1) is 16.6 Å². The van der Waals surface area contributed by atoms with Crippen molar-refractivity contribution in [3.63, 3.8) is 0 Å². The maximum Gasteiger partial charge on any atom is 0.337 e. The summed E-state index contributed by atoms with van der Waals surface area (Å²) < 4.78 is 1.94. The minimum absolute atomic E-state index is 0.116. The number of aliphatic hydroxyl groups is 1. The number of aliphatic hydroxyl groups excluding tert-OH is 1. The summed E-state index contributed by atoms with van der Waals surface area (Å²) in [5, 5.41) is 18.5. The molecule has 1 heterocycles. The lowest BCUT2D eigenvalue weighted by Gasteiger charge is -2.25. The second kappa shape index (κ2) is 5.25. The van der Waals surface area contributed by atoms with Crippen LogP contribution in [-0.2, 0) is 6.54 Å². The minimum Gasteiger partial charge on any atom is -0.478 e. The van der Waals surface area contributed by atoms with Crippen LogP contribution in [0.5, 0.6) is 0 Å². The number of nitrogens with zero attached hydrogens (tertiary/aromatic N) is 2. The average Bonchev–Trinajstić information content (AvgIpc) is 2.65. The first kappa shape index (κ1) is 14.5. The molecule has 0 aliphatic rings. The van der Waals surface area contributed by atoms with Crippen LogP contribution in [0.15, 0.2) is 18.2 Å². The molecule has 2 aromatic rings. The molecule has 0 atom stereocenters. The van der Waals surface area contributed by atoms with Crippen LogP contribution in [-0.4, -0.2) is 32.3 Å². The van der Waals surface area contributed by atoms with Gasteiger partial charge in [-0.3, -0.25) is 0 Å². The molecular formula is C15H20N2O3. The van der Waals surface area contributed by atoms with E-state index in [1.165, 1.54) is 0 Å². The lowest BCUT2D eigenvalue weighted by atomic mass is 9.89. The van der Waals surface area contributed by atoms with Crippen molar-refractivity contribution in [2.24, 2.45) is 5.41 Å². The van der Waals surface area contributed by atoms with Gasteiger partial charge in [-0.15, -0.1) is 0 Å². The quantitative estimate of drug-likeness (QED) is 0.879. The van der Waals surface area contributed by atoms with E-state index in [1.54, 1.807) is 12.1 Å². The molecule has 0 saturated heterocycles. The zero-order chi connectivity index (χ0) is 14.9. The fraction of sp³-hybridized carbons (Fsp3) is 0.467. The number of fused-ring (bicyclic) bond motifs is 1. The van der Waals surface area contributed by atoms with Gasteiger partial charge in [0, 0.05) is 13.2 Å². The Labute approximate surface area is 117 Å². The Morgan fingerprint density at radius 1 is 1.40 bits per heavy atom. The molecule has 0 saturated carbocycles. The van der Waals surface area contributed by atoms with Gasteiger partial charge >= 0.3 is 5.97 Å². The third-order valence-corrected chi connectivity index (χ3v) is 3.56. The van der Waals surface area contributed by atoms with E-state index < -0.39 is 5.97 Å². The lowest BCUT2D eigenvalue weighted by molar-refractivity contribution is 0.0698. The largest absolute Gasteiger partial charge is 0.478 e. The Morgan fingerprint density at radius 3 is 2.70 bits per heavy atom. The summed E-state index contributed by atoms with van der Waals surface area (Å²) >= 11 is 0. The Hall–Kier alpha value is -1.88. The van der Waals surface area contributed by atoms with Gasteiger partial charge in [0.2, 0.25) is 0 Å². The number of benzene rings is 1. The number of para-hydroxylation sites is 1. The van der Waals surface area contributed by atoms with Crippen LogP contribution in [0.1, 0.15) is 36.5 Å². The van der Waals surface area contributed by atoms with Gasteiger partial charge in [-0.1, -0.05) is 19.9 Å². The summed E-state index contributed by atoms with van der Waals surface area (Å²) in [7, 11) is 0. The Kier molecular flexibility index (Phi) is 3.81. The van der Waals surface area contributed by atoms with Crippen molar-refractivity contribution in [1.29, 1.82) is 0 Å². The highest BCUT2D eigenvalue weighted by Gasteiger charge is 2.22. The number of carboxylic acid groups (broad SMARTS) is 1. The van der Waals surface area contributed by atoms with Crippen LogP contribution in [0, 0.1) is 12.3 Å². The van der Waals surface area contributed by atoms with E-state index in [1.807, 2.05) is 17.6 Å². The lowest BCUT2D eigenvalue weighted by Crippen LogP contribution is -2.22. The molecule has 0 bridgehead atoms. The number of carboxylic acids is 1. The van der Waals surface area contributed by atoms with E-state index in [-0.39, 0.29) is 17.6 Å². The molecule has 0 fully saturated rings. The van der Waals surface area contributed by atoms with Crippen molar-refractivity contribution in [2.75, 3.05) is 6.61 Å². The molecule has 5 heteroatoms. The Balaban J connectivity index is 2.58. The van der Waals surface area contributed by atoms with Crippen molar-refractivity contribution in [3.8, 4) is 0 Å². The number of imidazole rings is 1. The topological polar surface area (TPSA) is 75.3 Å². The fourth-order valence-corrected chi connectivity index (χ4v) is 2.48. The number of hydrogen-bond acceptors (Lipinski definition) is 3. The number of aromatic carboxylic acids is 1. The number of aryl methyl sites for hydroxylation is 1. The highest BCUT2D eigenvalue weighted by atomic mass is 16.4. The van der Waals surface area contributed by atoms with Gasteiger partial charge in [0.15, 0.2) is 0 Å². The summed E-state index contributed by atoms with van der Waals surface area (Å²) in [4.78, 5) is 15.8. The van der Waals surface area contributed by atoms with Crippen molar-refractivity contribution >= 4 is 17.0 Å². The van der Waals surface area contributed by atoms with Gasteiger partial charge in [-0.05, 0) is 30.9 Å². The number of rotatable bonds is 5. The molecule has 1 aromatic carbocycles. The second-order valence-corrected chi connectivity index (χ2v) is 5.86. The minimum atomic E-state index is -0.947. The summed E-state index contributed by atoms with van der Waals surface area (Å²) in [6.07, 6.45) is 0.654. The molecule has 108 valence electrons. The molecule has 1 aromatic heterocycles. The normalized spacial score (nSPS) is 12.0. The van der Waals surface area contributed by atoms with Gasteiger partial charge < -0.3 is 14.8 Å². The Bertz CT molecular complexity index is 644.